The van der Waals surface area contributed by atoms with Gasteiger partial charge in [0.25, 0.3) is 0 Å². The van der Waals surface area contributed by atoms with Crippen molar-refractivity contribution in [2.24, 2.45) is 5.73 Å². The van der Waals surface area contributed by atoms with E-state index in [1.54, 1.807) is 0 Å². The number of nitrogens with zero attached hydrogens (tertiary/aromatic N) is 1. The van der Waals surface area contributed by atoms with Crippen LogP contribution in [-0.4, -0.2) is 42.5 Å². The van der Waals surface area contributed by atoms with E-state index in [2.05, 4.69) is 17.3 Å². The maximum Gasteiger partial charge on any atom is 0.239 e. The molecule has 0 bridgehead atoms. The van der Waals surface area contributed by atoms with E-state index in [-0.39, 0.29) is 5.91 Å². The Kier molecular flexibility index (Phi) is 4.74. The summed E-state index contributed by atoms with van der Waals surface area (Å²) in [6.07, 6.45) is 4.07. The van der Waals surface area contributed by atoms with Crippen LogP contribution in [-0.2, 0) is 4.79 Å². The van der Waals surface area contributed by atoms with Crippen molar-refractivity contribution in [1.29, 1.82) is 0 Å². The van der Waals surface area contributed by atoms with Gasteiger partial charge < -0.3 is 16.0 Å². The summed E-state index contributed by atoms with van der Waals surface area (Å²) < 4.78 is 0. The number of nitrogens with two attached hydrogens (primary N) is 1. The number of rotatable bonds is 5. The number of carbonyl (C=O) groups is 1. The summed E-state index contributed by atoms with van der Waals surface area (Å²) in [7, 11) is 2.11. The highest BCUT2D eigenvalue weighted by Crippen LogP contribution is 2.14. The SMILES string of the molecule is CCCC(C)(N)C(=O)NCC1CCCN1C. The van der Waals surface area contributed by atoms with Gasteiger partial charge in [-0.1, -0.05) is 13.3 Å². The standard InChI is InChI=1S/C12H25N3O/c1-4-7-12(2,13)11(16)14-9-10-6-5-8-15(10)3/h10H,4-9,13H2,1-3H3,(H,14,16). The van der Waals surface area contributed by atoms with Crippen LogP contribution in [0.5, 0.6) is 0 Å². The molecular weight excluding hydrogens is 202 g/mol. The Morgan fingerprint density at radius 1 is 1.62 bits per heavy atom. The average Bonchev–Trinajstić information content (AvgIpc) is 2.60. The molecule has 0 radical (unpaired) electrons. The summed E-state index contributed by atoms with van der Waals surface area (Å²) in [6, 6.07) is 0.487. The molecule has 1 heterocycles. The van der Waals surface area contributed by atoms with Gasteiger partial charge in [-0.05, 0) is 39.8 Å². The van der Waals surface area contributed by atoms with Crippen LogP contribution in [0.15, 0.2) is 0 Å². The summed E-state index contributed by atoms with van der Waals surface area (Å²) in [5.41, 5.74) is 5.25. The van der Waals surface area contributed by atoms with E-state index >= 15 is 0 Å². The summed E-state index contributed by atoms with van der Waals surface area (Å²) >= 11 is 0. The molecule has 3 N–H and O–H groups in total. The molecule has 4 heteroatoms. The Labute approximate surface area is 98.6 Å². The fourth-order valence-corrected chi connectivity index (χ4v) is 2.28. The van der Waals surface area contributed by atoms with Gasteiger partial charge in [0.05, 0.1) is 5.54 Å². The van der Waals surface area contributed by atoms with Crippen molar-refractivity contribution in [1.82, 2.24) is 10.2 Å². The van der Waals surface area contributed by atoms with Crippen molar-refractivity contribution in [3.63, 3.8) is 0 Å². The van der Waals surface area contributed by atoms with Gasteiger partial charge in [0, 0.05) is 12.6 Å². The minimum absolute atomic E-state index is 0.0188. The summed E-state index contributed by atoms with van der Waals surface area (Å²) in [5, 5.41) is 2.97. The van der Waals surface area contributed by atoms with Crippen LogP contribution in [0.4, 0.5) is 0 Å². The summed E-state index contributed by atoms with van der Waals surface area (Å²) in [6.45, 7) is 5.72. The Morgan fingerprint density at radius 3 is 2.81 bits per heavy atom. The molecule has 1 saturated heterocycles. The van der Waals surface area contributed by atoms with E-state index in [9.17, 15) is 4.79 Å². The minimum atomic E-state index is -0.716. The molecule has 94 valence electrons. The monoisotopic (exact) mass is 227 g/mol. The van der Waals surface area contributed by atoms with E-state index in [0.717, 1.165) is 25.9 Å². The van der Waals surface area contributed by atoms with Crippen molar-refractivity contribution in [3.05, 3.63) is 0 Å². The molecule has 2 unspecified atom stereocenters. The topological polar surface area (TPSA) is 58.4 Å². The molecule has 0 aliphatic carbocycles. The van der Waals surface area contributed by atoms with Crippen LogP contribution in [0.2, 0.25) is 0 Å². The Balaban J connectivity index is 2.34. The molecule has 0 aromatic carbocycles. The second-order valence-electron chi connectivity index (χ2n) is 5.15. The van der Waals surface area contributed by atoms with E-state index in [0.29, 0.717) is 6.04 Å². The fraction of sp³-hybridized carbons (Fsp3) is 0.917. The van der Waals surface area contributed by atoms with Crippen LogP contribution in [0.1, 0.15) is 39.5 Å². The lowest BCUT2D eigenvalue weighted by molar-refractivity contribution is -0.126. The van der Waals surface area contributed by atoms with Crippen LogP contribution in [0.3, 0.4) is 0 Å². The molecular formula is C12H25N3O. The third-order valence-electron chi connectivity index (χ3n) is 3.46. The van der Waals surface area contributed by atoms with Gasteiger partial charge in [0.1, 0.15) is 0 Å². The lowest BCUT2D eigenvalue weighted by atomic mass is 9.96. The highest BCUT2D eigenvalue weighted by molar-refractivity contribution is 5.85. The highest BCUT2D eigenvalue weighted by Gasteiger charge is 2.28. The number of nitrogens with one attached hydrogen (secondary N) is 1. The first-order valence-electron chi connectivity index (χ1n) is 6.25. The maximum atomic E-state index is 11.9. The van der Waals surface area contributed by atoms with Gasteiger partial charge in [-0.2, -0.15) is 0 Å². The van der Waals surface area contributed by atoms with Crippen molar-refractivity contribution in [3.8, 4) is 0 Å². The molecule has 0 saturated carbocycles. The van der Waals surface area contributed by atoms with E-state index < -0.39 is 5.54 Å². The van der Waals surface area contributed by atoms with Gasteiger partial charge in [-0.15, -0.1) is 0 Å². The largest absolute Gasteiger partial charge is 0.353 e. The lowest BCUT2D eigenvalue weighted by Gasteiger charge is -2.25. The smallest absolute Gasteiger partial charge is 0.239 e. The van der Waals surface area contributed by atoms with E-state index in [4.69, 9.17) is 5.73 Å². The lowest BCUT2D eigenvalue weighted by Crippen LogP contribution is -2.53. The van der Waals surface area contributed by atoms with Crippen molar-refractivity contribution in [2.45, 2.75) is 51.1 Å². The van der Waals surface area contributed by atoms with Crippen LogP contribution < -0.4 is 11.1 Å². The molecule has 0 aromatic rings. The van der Waals surface area contributed by atoms with Gasteiger partial charge in [0.15, 0.2) is 0 Å². The number of likely N-dealkylation sites (tertiary alicyclic amines) is 1. The minimum Gasteiger partial charge on any atom is -0.353 e. The predicted octanol–water partition coefficient (Wildman–Crippen LogP) is 0.714. The third-order valence-corrected chi connectivity index (χ3v) is 3.46. The first kappa shape index (κ1) is 13.5. The highest BCUT2D eigenvalue weighted by atomic mass is 16.2. The molecule has 1 aliphatic heterocycles. The number of likely N-dealkylation sites (N-methyl/N-ethyl adjacent to an activating group) is 1. The Bertz CT molecular complexity index is 240. The molecule has 16 heavy (non-hydrogen) atoms. The molecule has 0 aromatic heterocycles. The normalized spacial score (nSPS) is 25.4. The third kappa shape index (κ3) is 3.46. The Morgan fingerprint density at radius 2 is 2.31 bits per heavy atom. The number of carbonyl (C=O) groups excluding carboxylic acids is 1. The zero-order valence-electron chi connectivity index (χ0n) is 10.8. The quantitative estimate of drug-likeness (QED) is 0.727. The average molecular weight is 227 g/mol. The zero-order chi connectivity index (χ0) is 12.2. The number of hydrogen-bond donors (Lipinski definition) is 2. The molecule has 1 rings (SSSR count). The molecule has 1 amide bonds. The molecule has 1 aliphatic rings. The Hall–Kier alpha value is -0.610. The maximum absolute atomic E-state index is 11.9. The van der Waals surface area contributed by atoms with Gasteiger partial charge in [-0.3, -0.25) is 4.79 Å². The molecule has 2 atom stereocenters. The van der Waals surface area contributed by atoms with Crippen LogP contribution >= 0.6 is 0 Å². The number of amides is 1. The first-order valence-corrected chi connectivity index (χ1v) is 6.25. The van der Waals surface area contributed by atoms with Gasteiger partial charge in [0.2, 0.25) is 5.91 Å². The first-order chi connectivity index (χ1) is 7.47. The van der Waals surface area contributed by atoms with Crippen molar-refractivity contribution in [2.75, 3.05) is 20.1 Å². The molecule has 0 spiro atoms. The second-order valence-corrected chi connectivity index (χ2v) is 5.15. The number of hydrogen-bond acceptors (Lipinski definition) is 3. The molecule has 1 fully saturated rings. The predicted molar refractivity (Wildman–Crippen MR) is 66.2 cm³/mol. The van der Waals surface area contributed by atoms with Gasteiger partial charge >= 0.3 is 0 Å². The van der Waals surface area contributed by atoms with E-state index in [1.807, 2.05) is 13.8 Å². The summed E-state index contributed by atoms with van der Waals surface area (Å²) in [4.78, 5) is 14.2. The molecule has 4 nitrogen and oxygen atoms in total. The van der Waals surface area contributed by atoms with Crippen LogP contribution in [0, 0.1) is 0 Å². The van der Waals surface area contributed by atoms with Crippen LogP contribution in [0.25, 0.3) is 0 Å². The fourth-order valence-electron chi connectivity index (χ4n) is 2.28. The van der Waals surface area contributed by atoms with Crippen molar-refractivity contribution >= 4 is 5.91 Å². The van der Waals surface area contributed by atoms with Gasteiger partial charge in [-0.25, -0.2) is 0 Å². The zero-order valence-corrected chi connectivity index (χ0v) is 10.8. The van der Waals surface area contributed by atoms with E-state index in [1.165, 1.54) is 12.8 Å². The van der Waals surface area contributed by atoms with Crippen molar-refractivity contribution < 1.29 is 4.79 Å². The second kappa shape index (κ2) is 5.64. The summed E-state index contributed by atoms with van der Waals surface area (Å²) in [5.74, 6) is -0.0188.